The molecule has 0 atom stereocenters. The molecule has 0 saturated carbocycles. The number of hydrogen-bond donors (Lipinski definition) is 1. The fraction of sp³-hybridized carbons (Fsp3) is 0.118. The fourth-order valence-electron chi connectivity index (χ4n) is 1.98. The fourth-order valence-corrected chi connectivity index (χ4v) is 2.68. The zero-order valence-electron chi connectivity index (χ0n) is 12.6. The second-order valence-corrected chi connectivity index (χ2v) is 6.00. The maximum absolute atomic E-state index is 12.8. The average molecular weight is 343 g/mol. The van der Waals surface area contributed by atoms with Gasteiger partial charge in [-0.05, 0) is 29.8 Å². The Balaban J connectivity index is 1.50. The van der Waals surface area contributed by atoms with E-state index in [9.17, 15) is 9.18 Å². The molecule has 0 aliphatic carbocycles. The molecule has 1 N–H and O–H groups in total. The zero-order valence-corrected chi connectivity index (χ0v) is 13.4. The highest BCUT2D eigenvalue weighted by Crippen LogP contribution is 2.18. The van der Waals surface area contributed by atoms with E-state index in [0.29, 0.717) is 12.3 Å². The Labute approximate surface area is 142 Å². The van der Waals surface area contributed by atoms with Crippen molar-refractivity contribution in [1.29, 1.82) is 0 Å². The van der Waals surface area contributed by atoms with Gasteiger partial charge in [0.15, 0.2) is 0 Å². The highest BCUT2D eigenvalue weighted by molar-refractivity contribution is 8.00. The van der Waals surface area contributed by atoms with Gasteiger partial charge in [-0.3, -0.25) is 10.1 Å². The van der Waals surface area contributed by atoms with Crippen molar-refractivity contribution in [3.63, 3.8) is 0 Å². The second-order valence-electron chi connectivity index (χ2n) is 4.95. The van der Waals surface area contributed by atoms with Crippen molar-refractivity contribution in [3.8, 4) is 0 Å². The summed E-state index contributed by atoms with van der Waals surface area (Å²) in [6.45, 7) is 0. The number of amides is 1. The minimum Gasteiger partial charge on any atom is -0.407 e. The van der Waals surface area contributed by atoms with Crippen LogP contribution in [-0.2, 0) is 11.2 Å². The number of hydrogen-bond acceptors (Lipinski definition) is 5. The van der Waals surface area contributed by atoms with E-state index in [-0.39, 0.29) is 23.5 Å². The van der Waals surface area contributed by atoms with E-state index in [1.807, 2.05) is 30.3 Å². The van der Waals surface area contributed by atoms with E-state index in [4.69, 9.17) is 4.42 Å². The molecule has 2 aromatic carbocycles. The van der Waals surface area contributed by atoms with Crippen LogP contribution < -0.4 is 5.32 Å². The van der Waals surface area contributed by atoms with Crippen LogP contribution >= 0.6 is 11.8 Å². The molecular formula is C17H14FN3O2S. The summed E-state index contributed by atoms with van der Waals surface area (Å²) in [6, 6.07) is 15.7. The predicted molar refractivity (Wildman–Crippen MR) is 89.3 cm³/mol. The number of aromatic nitrogens is 2. The topological polar surface area (TPSA) is 68.0 Å². The number of halogens is 1. The van der Waals surface area contributed by atoms with Crippen molar-refractivity contribution < 1.29 is 13.6 Å². The molecule has 1 aromatic heterocycles. The average Bonchev–Trinajstić information content (AvgIpc) is 3.02. The summed E-state index contributed by atoms with van der Waals surface area (Å²) in [6.07, 6.45) is 0.508. The molecule has 0 bridgehead atoms. The first-order valence-electron chi connectivity index (χ1n) is 7.23. The summed E-state index contributed by atoms with van der Waals surface area (Å²) in [7, 11) is 0. The Hall–Kier alpha value is -2.67. The van der Waals surface area contributed by atoms with E-state index in [1.54, 1.807) is 12.1 Å². The van der Waals surface area contributed by atoms with Crippen molar-refractivity contribution in [2.45, 2.75) is 11.3 Å². The molecule has 0 aliphatic heterocycles. The number of rotatable bonds is 6. The van der Waals surface area contributed by atoms with Crippen LogP contribution in [0.4, 0.5) is 10.4 Å². The minimum atomic E-state index is -0.305. The molecule has 0 saturated heterocycles. The molecule has 7 heteroatoms. The lowest BCUT2D eigenvalue weighted by atomic mass is 10.2. The Kier molecular flexibility index (Phi) is 5.22. The SMILES string of the molecule is O=C(CSc1ccc(F)cc1)Nc1nnc(Cc2ccccc2)o1. The van der Waals surface area contributed by atoms with Gasteiger partial charge in [0, 0.05) is 4.90 Å². The first kappa shape index (κ1) is 16.2. The van der Waals surface area contributed by atoms with E-state index >= 15 is 0 Å². The van der Waals surface area contributed by atoms with Crippen LogP contribution in [0.15, 0.2) is 63.9 Å². The van der Waals surface area contributed by atoms with Crippen molar-refractivity contribution >= 4 is 23.7 Å². The van der Waals surface area contributed by atoms with Gasteiger partial charge in [-0.15, -0.1) is 16.9 Å². The van der Waals surface area contributed by atoms with E-state index in [2.05, 4.69) is 15.5 Å². The smallest absolute Gasteiger partial charge is 0.322 e. The third-order valence-corrected chi connectivity index (χ3v) is 4.11. The van der Waals surface area contributed by atoms with E-state index in [0.717, 1.165) is 10.5 Å². The van der Waals surface area contributed by atoms with Crippen LogP contribution in [0.3, 0.4) is 0 Å². The molecular weight excluding hydrogens is 329 g/mol. The molecule has 1 heterocycles. The monoisotopic (exact) mass is 343 g/mol. The molecule has 122 valence electrons. The molecule has 3 rings (SSSR count). The van der Waals surface area contributed by atoms with Gasteiger partial charge in [0.05, 0.1) is 12.2 Å². The number of benzene rings is 2. The highest BCUT2D eigenvalue weighted by atomic mass is 32.2. The lowest BCUT2D eigenvalue weighted by Crippen LogP contribution is -2.14. The summed E-state index contributed by atoms with van der Waals surface area (Å²) in [5.41, 5.74) is 1.05. The van der Waals surface area contributed by atoms with Crippen LogP contribution in [0.25, 0.3) is 0 Å². The summed E-state index contributed by atoms with van der Waals surface area (Å²) in [4.78, 5) is 12.7. The normalized spacial score (nSPS) is 10.5. The number of anilines is 1. The quantitative estimate of drug-likeness (QED) is 0.694. The largest absolute Gasteiger partial charge is 0.407 e. The maximum atomic E-state index is 12.8. The molecule has 3 aromatic rings. The Morgan fingerprint density at radius 3 is 2.58 bits per heavy atom. The van der Waals surface area contributed by atoms with Gasteiger partial charge in [0.1, 0.15) is 5.82 Å². The van der Waals surface area contributed by atoms with Gasteiger partial charge < -0.3 is 4.42 Å². The van der Waals surface area contributed by atoms with Gasteiger partial charge in [-0.2, -0.15) is 0 Å². The van der Waals surface area contributed by atoms with Crippen LogP contribution in [0.5, 0.6) is 0 Å². The molecule has 5 nitrogen and oxygen atoms in total. The molecule has 1 amide bonds. The number of carbonyl (C=O) groups is 1. The van der Waals surface area contributed by atoms with Crippen molar-refractivity contribution in [3.05, 3.63) is 71.9 Å². The van der Waals surface area contributed by atoms with Gasteiger partial charge in [0.2, 0.25) is 11.8 Å². The number of thioether (sulfide) groups is 1. The third-order valence-electron chi connectivity index (χ3n) is 3.09. The highest BCUT2D eigenvalue weighted by Gasteiger charge is 2.10. The maximum Gasteiger partial charge on any atom is 0.322 e. The first-order valence-corrected chi connectivity index (χ1v) is 8.22. The Bertz CT molecular complexity index is 806. The third kappa shape index (κ3) is 4.66. The lowest BCUT2D eigenvalue weighted by Gasteiger charge is -2.01. The van der Waals surface area contributed by atoms with Gasteiger partial charge >= 0.3 is 6.01 Å². The molecule has 0 spiro atoms. The molecule has 0 aliphatic rings. The molecule has 0 unspecified atom stereocenters. The van der Waals surface area contributed by atoms with Crippen LogP contribution in [-0.4, -0.2) is 21.9 Å². The van der Waals surface area contributed by atoms with Crippen molar-refractivity contribution in [1.82, 2.24) is 10.2 Å². The summed E-state index contributed by atoms with van der Waals surface area (Å²) in [5.74, 6) is 0.0321. The van der Waals surface area contributed by atoms with Crippen LogP contribution in [0, 0.1) is 5.82 Å². The summed E-state index contributed by atoms with van der Waals surface area (Å²) < 4.78 is 18.2. The summed E-state index contributed by atoms with van der Waals surface area (Å²) in [5, 5.41) is 10.3. The van der Waals surface area contributed by atoms with E-state index in [1.165, 1.54) is 23.9 Å². The molecule has 24 heavy (non-hydrogen) atoms. The number of nitrogens with one attached hydrogen (secondary N) is 1. The molecule has 0 fully saturated rings. The standard InChI is InChI=1S/C17H14FN3O2S/c18-13-6-8-14(9-7-13)24-11-15(22)19-17-21-20-16(23-17)10-12-4-2-1-3-5-12/h1-9H,10-11H2,(H,19,21,22). The van der Waals surface area contributed by atoms with Crippen molar-refractivity contribution in [2.75, 3.05) is 11.1 Å². The van der Waals surface area contributed by atoms with E-state index < -0.39 is 0 Å². The summed E-state index contributed by atoms with van der Waals surface area (Å²) >= 11 is 1.30. The van der Waals surface area contributed by atoms with Gasteiger partial charge in [0.25, 0.3) is 0 Å². The van der Waals surface area contributed by atoms with Gasteiger partial charge in [-0.25, -0.2) is 4.39 Å². The minimum absolute atomic E-state index is 0.0747. The van der Waals surface area contributed by atoms with Crippen LogP contribution in [0.1, 0.15) is 11.5 Å². The Morgan fingerprint density at radius 2 is 1.83 bits per heavy atom. The first-order chi connectivity index (χ1) is 11.7. The second kappa shape index (κ2) is 7.74. The van der Waals surface area contributed by atoms with Gasteiger partial charge in [-0.1, -0.05) is 35.4 Å². The Morgan fingerprint density at radius 1 is 1.08 bits per heavy atom. The number of nitrogens with zero attached hydrogens (tertiary/aromatic N) is 2. The number of carbonyl (C=O) groups excluding carboxylic acids is 1. The van der Waals surface area contributed by atoms with Crippen molar-refractivity contribution in [2.24, 2.45) is 0 Å². The van der Waals surface area contributed by atoms with Crippen LogP contribution in [0.2, 0.25) is 0 Å². The molecule has 0 radical (unpaired) electrons. The zero-order chi connectivity index (χ0) is 16.8. The predicted octanol–water partition coefficient (Wildman–Crippen LogP) is 3.53. The lowest BCUT2D eigenvalue weighted by molar-refractivity contribution is -0.113.